The lowest BCUT2D eigenvalue weighted by Gasteiger charge is -2.19. The van der Waals surface area contributed by atoms with Gasteiger partial charge in [0, 0.05) is 28.8 Å². The van der Waals surface area contributed by atoms with E-state index in [0.717, 1.165) is 21.4 Å². The number of amides is 1. The van der Waals surface area contributed by atoms with Crippen molar-refractivity contribution in [2.24, 2.45) is 0 Å². The first-order valence-electron chi connectivity index (χ1n) is 6.86. The predicted molar refractivity (Wildman–Crippen MR) is 91.7 cm³/mol. The first kappa shape index (κ1) is 15.6. The van der Waals surface area contributed by atoms with Gasteiger partial charge in [-0.3, -0.25) is 4.79 Å². The lowest BCUT2D eigenvalue weighted by molar-refractivity contribution is -0.114. The maximum absolute atomic E-state index is 11.1. The van der Waals surface area contributed by atoms with Gasteiger partial charge in [0.25, 0.3) is 0 Å². The molecule has 0 fully saturated rings. The lowest BCUT2D eigenvalue weighted by atomic mass is 10.1. The summed E-state index contributed by atoms with van der Waals surface area (Å²) in [5.74, 6) is -0.0596. The quantitative estimate of drug-likeness (QED) is 0.827. The largest absolute Gasteiger partial charge is 0.378 e. The van der Waals surface area contributed by atoms with Crippen molar-refractivity contribution in [1.29, 1.82) is 0 Å². The molecule has 3 nitrogen and oxygen atoms in total. The molecule has 110 valence electrons. The Hall–Kier alpha value is -1.81. The molecule has 0 saturated carbocycles. The third kappa shape index (κ3) is 4.08. The molecule has 1 unspecified atom stereocenters. The van der Waals surface area contributed by atoms with Crippen molar-refractivity contribution in [3.63, 3.8) is 0 Å². The first-order valence-corrected chi connectivity index (χ1v) is 7.66. The topological polar surface area (TPSA) is 41.1 Å². The fourth-order valence-electron chi connectivity index (χ4n) is 2.17. The summed E-state index contributed by atoms with van der Waals surface area (Å²) >= 11 is 3.54. The highest BCUT2D eigenvalue weighted by atomic mass is 79.9. The molecule has 21 heavy (non-hydrogen) atoms. The van der Waals surface area contributed by atoms with E-state index in [1.165, 1.54) is 12.5 Å². The third-order valence-corrected chi connectivity index (χ3v) is 4.21. The Morgan fingerprint density at radius 2 is 1.90 bits per heavy atom. The molecule has 1 atom stereocenters. The summed E-state index contributed by atoms with van der Waals surface area (Å²) in [6.45, 7) is 5.69. The molecular formula is C17H19BrN2O. The standard InChI is InChI=1S/C17H19BrN2O/c1-11-16(18)8-5-9-17(11)19-12(2)14-6-4-7-15(10-14)20-13(3)21/h4-10,12,19H,1-3H3,(H,20,21). The second-order valence-corrected chi connectivity index (χ2v) is 5.94. The van der Waals surface area contributed by atoms with Gasteiger partial charge in [-0.05, 0) is 49.2 Å². The van der Waals surface area contributed by atoms with Gasteiger partial charge in [0.15, 0.2) is 0 Å². The molecule has 1 amide bonds. The van der Waals surface area contributed by atoms with Gasteiger partial charge in [0.1, 0.15) is 0 Å². The van der Waals surface area contributed by atoms with Gasteiger partial charge in [-0.1, -0.05) is 34.1 Å². The summed E-state index contributed by atoms with van der Waals surface area (Å²) < 4.78 is 1.09. The minimum atomic E-state index is -0.0596. The molecule has 0 aliphatic rings. The van der Waals surface area contributed by atoms with Crippen molar-refractivity contribution < 1.29 is 4.79 Å². The van der Waals surface area contributed by atoms with Crippen LogP contribution in [-0.4, -0.2) is 5.91 Å². The van der Waals surface area contributed by atoms with E-state index < -0.39 is 0 Å². The fraction of sp³-hybridized carbons (Fsp3) is 0.235. The predicted octanol–water partition coefficient (Wildman–Crippen LogP) is 4.89. The van der Waals surface area contributed by atoms with Gasteiger partial charge in [-0.15, -0.1) is 0 Å². The van der Waals surface area contributed by atoms with Gasteiger partial charge < -0.3 is 10.6 Å². The Morgan fingerprint density at radius 3 is 2.62 bits per heavy atom. The average molecular weight is 347 g/mol. The minimum Gasteiger partial charge on any atom is -0.378 e. The van der Waals surface area contributed by atoms with E-state index in [1.54, 1.807) is 0 Å². The summed E-state index contributed by atoms with van der Waals surface area (Å²) in [6.07, 6.45) is 0. The molecule has 0 saturated heterocycles. The summed E-state index contributed by atoms with van der Waals surface area (Å²) in [6, 6.07) is 14.1. The molecule has 0 heterocycles. The van der Waals surface area contributed by atoms with E-state index >= 15 is 0 Å². The molecule has 0 spiro atoms. The van der Waals surface area contributed by atoms with Crippen molar-refractivity contribution in [1.82, 2.24) is 0 Å². The number of nitrogens with one attached hydrogen (secondary N) is 2. The SMILES string of the molecule is CC(=O)Nc1cccc(C(C)Nc2cccc(Br)c2C)c1. The number of halogens is 1. The second kappa shape index (κ2) is 6.76. The molecule has 2 rings (SSSR count). The van der Waals surface area contributed by atoms with Crippen LogP contribution in [0.5, 0.6) is 0 Å². The summed E-state index contributed by atoms with van der Waals surface area (Å²) in [7, 11) is 0. The molecular weight excluding hydrogens is 328 g/mol. The van der Waals surface area contributed by atoms with Crippen LogP contribution in [0.3, 0.4) is 0 Å². The minimum absolute atomic E-state index is 0.0596. The normalized spacial score (nSPS) is 11.8. The van der Waals surface area contributed by atoms with Crippen molar-refractivity contribution >= 4 is 33.2 Å². The van der Waals surface area contributed by atoms with Gasteiger partial charge in [0.2, 0.25) is 5.91 Å². The van der Waals surface area contributed by atoms with Gasteiger partial charge in [-0.25, -0.2) is 0 Å². The monoisotopic (exact) mass is 346 g/mol. The summed E-state index contributed by atoms with van der Waals surface area (Å²) in [5, 5.41) is 6.32. The summed E-state index contributed by atoms with van der Waals surface area (Å²) in [5.41, 5.74) is 4.23. The Balaban J connectivity index is 2.18. The molecule has 0 aliphatic carbocycles. The molecule has 0 bridgehead atoms. The zero-order valence-electron chi connectivity index (χ0n) is 12.4. The van der Waals surface area contributed by atoms with Crippen molar-refractivity contribution in [2.75, 3.05) is 10.6 Å². The van der Waals surface area contributed by atoms with Crippen LogP contribution < -0.4 is 10.6 Å². The van der Waals surface area contributed by atoms with E-state index in [2.05, 4.69) is 52.5 Å². The molecule has 0 radical (unpaired) electrons. The zero-order chi connectivity index (χ0) is 15.4. The molecule has 0 aliphatic heterocycles. The van der Waals surface area contributed by atoms with Crippen LogP contribution in [0.2, 0.25) is 0 Å². The molecule has 0 aromatic heterocycles. The van der Waals surface area contributed by atoms with Crippen molar-refractivity contribution in [2.45, 2.75) is 26.8 Å². The number of carbonyl (C=O) groups excluding carboxylic acids is 1. The Kier molecular flexibility index (Phi) is 5.02. The van der Waals surface area contributed by atoms with Gasteiger partial charge >= 0.3 is 0 Å². The van der Waals surface area contributed by atoms with E-state index in [4.69, 9.17) is 0 Å². The maximum atomic E-state index is 11.1. The Bertz CT molecular complexity index is 655. The molecule has 2 aromatic rings. The van der Waals surface area contributed by atoms with Crippen LogP contribution in [0, 0.1) is 6.92 Å². The Labute approximate surface area is 133 Å². The number of carbonyl (C=O) groups is 1. The zero-order valence-corrected chi connectivity index (χ0v) is 14.0. The highest BCUT2D eigenvalue weighted by Crippen LogP contribution is 2.27. The molecule has 2 N–H and O–H groups in total. The van der Waals surface area contributed by atoms with E-state index in [0.29, 0.717) is 0 Å². The first-order chi connectivity index (χ1) is 9.97. The third-order valence-electron chi connectivity index (χ3n) is 3.35. The Morgan fingerprint density at radius 1 is 1.19 bits per heavy atom. The van der Waals surface area contributed by atoms with Crippen LogP contribution in [0.4, 0.5) is 11.4 Å². The van der Waals surface area contributed by atoms with Crippen LogP contribution in [0.25, 0.3) is 0 Å². The average Bonchev–Trinajstić information content (AvgIpc) is 2.43. The van der Waals surface area contributed by atoms with E-state index in [1.807, 2.05) is 30.3 Å². The number of anilines is 2. The smallest absolute Gasteiger partial charge is 0.221 e. The van der Waals surface area contributed by atoms with E-state index in [9.17, 15) is 4.79 Å². The van der Waals surface area contributed by atoms with E-state index in [-0.39, 0.29) is 11.9 Å². The highest BCUT2D eigenvalue weighted by Gasteiger charge is 2.09. The van der Waals surface area contributed by atoms with Crippen LogP contribution in [0.1, 0.15) is 31.0 Å². The van der Waals surface area contributed by atoms with Crippen molar-refractivity contribution in [3.8, 4) is 0 Å². The van der Waals surface area contributed by atoms with Crippen molar-refractivity contribution in [3.05, 3.63) is 58.1 Å². The number of benzene rings is 2. The fourth-order valence-corrected chi connectivity index (χ4v) is 2.54. The van der Waals surface area contributed by atoms with Gasteiger partial charge in [0.05, 0.1) is 0 Å². The number of hydrogen-bond donors (Lipinski definition) is 2. The maximum Gasteiger partial charge on any atom is 0.221 e. The van der Waals surface area contributed by atoms with Crippen LogP contribution in [0.15, 0.2) is 46.9 Å². The second-order valence-electron chi connectivity index (χ2n) is 5.09. The molecule has 4 heteroatoms. The van der Waals surface area contributed by atoms with Gasteiger partial charge in [-0.2, -0.15) is 0 Å². The van der Waals surface area contributed by atoms with Crippen LogP contribution in [-0.2, 0) is 4.79 Å². The summed E-state index contributed by atoms with van der Waals surface area (Å²) in [4.78, 5) is 11.1. The lowest BCUT2D eigenvalue weighted by Crippen LogP contribution is -2.10. The van der Waals surface area contributed by atoms with Crippen LogP contribution >= 0.6 is 15.9 Å². The highest BCUT2D eigenvalue weighted by molar-refractivity contribution is 9.10. The number of rotatable bonds is 4. The number of hydrogen-bond acceptors (Lipinski definition) is 2. The molecule has 2 aromatic carbocycles.